The number of furan rings is 1. The standard InChI is InChI=1S/C9H14ClNO2/c1-5(2)9(12)8(11)6-3-4-7(10)13-6/h3-5,8-9,12H,11H2,1-2H3/t8-,9+/m0/s1. The Bertz CT molecular complexity index is 272. The topological polar surface area (TPSA) is 59.4 Å². The molecule has 0 spiro atoms. The summed E-state index contributed by atoms with van der Waals surface area (Å²) in [5.74, 6) is 0.616. The summed E-state index contributed by atoms with van der Waals surface area (Å²) in [4.78, 5) is 0. The van der Waals surface area contributed by atoms with Crippen molar-refractivity contribution in [2.24, 2.45) is 11.7 Å². The smallest absolute Gasteiger partial charge is 0.193 e. The van der Waals surface area contributed by atoms with Crippen LogP contribution in [0.5, 0.6) is 0 Å². The molecule has 3 nitrogen and oxygen atoms in total. The second-order valence-electron chi connectivity index (χ2n) is 3.40. The van der Waals surface area contributed by atoms with E-state index in [1.807, 2.05) is 13.8 Å². The highest BCUT2D eigenvalue weighted by Gasteiger charge is 2.22. The van der Waals surface area contributed by atoms with Crippen LogP contribution in [0.3, 0.4) is 0 Å². The van der Waals surface area contributed by atoms with Crippen molar-refractivity contribution >= 4 is 11.6 Å². The van der Waals surface area contributed by atoms with Gasteiger partial charge in [-0.2, -0.15) is 0 Å². The molecule has 0 saturated carbocycles. The first-order valence-corrected chi connectivity index (χ1v) is 4.59. The molecule has 1 aromatic rings. The van der Waals surface area contributed by atoms with Crippen molar-refractivity contribution in [2.45, 2.75) is 26.0 Å². The van der Waals surface area contributed by atoms with Crippen LogP contribution in [0.4, 0.5) is 0 Å². The molecule has 0 fully saturated rings. The highest BCUT2D eigenvalue weighted by molar-refractivity contribution is 6.28. The molecular formula is C9H14ClNO2. The van der Waals surface area contributed by atoms with Crippen LogP contribution < -0.4 is 5.73 Å². The van der Waals surface area contributed by atoms with Crippen LogP contribution in [-0.2, 0) is 0 Å². The fourth-order valence-corrected chi connectivity index (χ4v) is 1.24. The quantitative estimate of drug-likeness (QED) is 0.790. The van der Waals surface area contributed by atoms with Gasteiger partial charge in [0, 0.05) is 0 Å². The van der Waals surface area contributed by atoms with E-state index in [0.717, 1.165) is 0 Å². The zero-order valence-corrected chi connectivity index (χ0v) is 8.45. The van der Waals surface area contributed by atoms with Crippen molar-refractivity contribution in [3.8, 4) is 0 Å². The molecule has 2 atom stereocenters. The van der Waals surface area contributed by atoms with Crippen LogP contribution >= 0.6 is 11.6 Å². The Hall–Kier alpha value is -0.510. The molecule has 1 rings (SSSR count). The molecule has 3 N–H and O–H groups in total. The summed E-state index contributed by atoms with van der Waals surface area (Å²) < 4.78 is 5.10. The highest BCUT2D eigenvalue weighted by Crippen LogP contribution is 2.23. The number of nitrogens with two attached hydrogens (primary N) is 1. The Morgan fingerprint density at radius 3 is 2.46 bits per heavy atom. The Labute approximate surface area is 82.5 Å². The third kappa shape index (κ3) is 2.46. The summed E-state index contributed by atoms with van der Waals surface area (Å²) >= 11 is 5.58. The summed E-state index contributed by atoms with van der Waals surface area (Å²) in [6.45, 7) is 3.80. The van der Waals surface area contributed by atoms with Crippen molar-refractivity contribution in [1.82, 2.24) is 0 Å². The van der Waals surface area contributed by atoms with E-state index in [0.29, 0.717) is 11.0 Å². The van der Waals surface area contributed by atoms with E-state index in [9.17, 15) is 5.11 Å². The first-order chi connectivity index (χ1) is 6.02. The van der Waals surface area contributed by atoms with Gasteiger partial charge < -0.3 is 15.3 Å². The molecule has 0 aliphatic carbocycles. The molecule has 0 aromatic carbocycles. The fourth-order valence-electron chi connectivity index (χ4n) is 1.09. The van der Waals surface area contributed by atoms with Gasteiger partial charge in [0.05, 0.1) is 12.1 Å². The van der Waals surface area contributed by atoms with Crippen molar-refractivity contribution in [2.75, 3.05) is 0 Å². The van der Waals surface area contributed by atoms with Crippen molar-refractivity contribution < 1.29 is 9.52 Å². The van der Waals surface area contributed by atoms with Crippen LogP contribution in [0.1, 0.15) is 25.6 Å². The lowest BCUT2D eigenvalue weighted by atomic mass is 9.99. The third-order valence-corrected chi connectivity index (χ3v) is 2.18. The van der Waals surface area contributed by atoms with Crippen LogP contribution in [0.25, 0.3) is 0 Å². The van der Waals surface area contributed by atoms with Gasteiger partial charge >= 0.3 is 0 Å². The largest absolute Gasteiger partial charge is 0.448 e. The van der Waals surface area contributed by atoms with Crippen LogP contribution in [0.15, 0.2) is 16.5 Å². The summed E-state index contributed by atoms with van der Waals surface area (Å²) in [6, 6.07) is 2.79. The summed E-state index contributed by atoms with van der Waals surface area (Å²) in [7, 11) is 0. The Morgan fingerprint density at radius 2 is 2.08 bits per heavy atom. The molecule has 0 radical (unpaired) electrons. The number of hydrogen-bond donors (Lipinski definition) is 2. The Balaban J connectivity index is 2.73. The van der Waals surface area contributed by atoms with Gasteiger partial charge in [0.15, 0.2) is 5.22 Å². The van der Waals surface area contributed by atoms with Gasteiger partial charge in [-0.1, -0.05) is 13.8 Å². The van der Waals surface area contributed by atoms with Crippen molar-refractivity contribution in [1.29, 1.82) is 0 Å². The molecular weight excluding hydrogens is 190 g/mol. The molecule has 0 saturated heterocycles. The predicted molar refractivity (Wildman–Crippen MR) is 51.5 cm³/mol. The van der Waals surface area contributed by atoms with Crippen LogP contribution in [0.2, 0.25) is 5.22 Å². The average molecular weight is 204 g/mol. The van der Waals surface area contributed by atoms with Crippen molar-refractivity contribution in [3.63, 3.8) is 0 Å². The van der Waals surface area contributed by atoms with Gasteiger partial charge in [-0.25, -0.2) is 0 Å². The number of halogens is 1. The highest BCUT2D eigenvalue weighted by atomic mass is 35.5. The summed E-state index contributed by atoms with van der Waals surface area (Å²) in [5.41, 5.74) is 5.75. The lowest BCUT2D eigenvalue weighted by molar-refractivity contribution is 0.0900. The third-order valence-electron chi connectivity index (χ3n) is 1.97. The zero-order chi connectivity index (χ0) is 10.0. The molecule has 0 aliphatic rings. The number of rotatable bonds is 3. The predicted octanol–water partition coefficient (Wildman–Crippen LogP) is 1.95. The van der Waals surface area contributed by atoms with E-state index in [-0.39, 0.29) is 5.92 Å². The minimum Gasteiger partial charge on any atom is -0.448 e. The van der Waals surface area contributed by atoms with Gasteiger partial charge in [-0.15, -0.1) is 0 Å². The monoisotopic (exact) mass is 203 g/mol. The molecule has 0 unspecified atom stereocenters. The molecule has 74 valence electrons. The van der Waals surface area contributed by atoms with E-state index < -0.39 is 12.1 Å². The number of hydrogen-bond acceptors (Lipinski definition) is 3. The maximum absolute atomic E-state index is 9.63. The Morgan fingerprint density at radius 1 is 1.46 bits per heavy atom. The van der Waals surface area contributed by atoms with E-state index in [1.54, 1.807) is 12.1 Å². The summed E-state index contributed by atoms with van der Waals surface area (Å²) in [5, 5.41) is 9.92. The molecule has 0 amide bonds. The number of aliphatic hydroxyl groups is 1. The minimum absolute atomic E-state index is 0.0962. The van der Waals surface area contributed by atoms with Gasteiger partial charge in [-0.3, -0.25) is 0 Å². The molecule has 13 heavy (non-hydrogen) atoms. The first-order valence-electron chi connectivity index (χ1n) is 4.21. The molecule has 0 bridgehead atoms. The molecule has 0 aliphatic heterocycles. The van der Waals surface area contributed by atoms with E-state index in [1.165, 1.54) is 0 Å². The van der Waals surface area contributed by atoms with Gasteiger partial charge in [-0.05, 0) is 29.7 Å². The lowest BCUT2D eigenvalue weighted by Gasteiger charge is -2.19. The first kappa shape index (κ1) is 10.6. The van der Waals surface area contributed by atoms with Gasteiger partial charge in [0.1, 0.15) is 5.76 Å². The molecule has 1 aromatic heterocycles. The Kier molecular flexibility index (Phi) is 3.36. The molecule has 4 heteroatoms. The van der Waals surface area contributed by atoms with Crippen LogP contribution in [0, 0.1) is 5.92 Å². The second kappa shape index (κ2) is 4.13. The second-order valence-corrected chi connectivity index (χ2v) is 3.77. The maximum atomic E-state index is 9.63. The normalized spacial score (nSPS) is 16.2. The maximum Gasteiger partial charge on any atom is 0.193 e. The summed E-state index contributed by atoms with van der Waals surface area (Å²) in [6.07, 6.45) is -0.609. The molecule has 1 heterocycles. The van der Waals surface area contributed by atoms with Crippen molar-refractivity contribution in [3.05, 3.63) is 23.1 Å². The fraction of sp³-hybridized carbons (Fsp3) is 0.556. The van der Waals surface area contributed by atoms with E-state index in [4.69, 9.17) is 21.8 Å². The van der Waals surface area contributed by atoms with E-state index in [2.05, 4.69) is 0 Å². The SMILES string of the molecule is CC(C)[C@@H](O)[C@@H](N)c1ccc(Cl)o1. The van der Waals surface area contributed by atoms with Gasteiger partial charge in [0.25, 0.3) is 0 Å². The van der Waals surface area contributed by atoms with Gasteiger partial charge in [0.2, 0.25) is 0 Å². The van der Waals surface area contributed by atoms with Crippen LogP contribution in [-0.4, -0.2) is 11.2 Å². The number of aliphatic hydroxyl groups excluding tert-OH is 1. The lowest BCUT2D eigenvalue weighted by Crippen LogP contribution is -2.30. The van der Waals surface area contributed by atoms with E-state index >= 15 is 0 Å². The minimum atomic E-state index is -0.609. The average Bonchev–Trinajstić information content (AvgIpc) is 2.49. The zero-order valence-electron chi connectivity index (χ0n) is 7.70.